The number of carbonyl (C=O) groups is 2. The molecule has 1 unspecified atom stereocenters. The predicted octanol–water partition coefficient (Wildman–Crippen LogP) is 3.95. The fourth-order valence-corrected chi connectivity index (χ4v) is 5.90. The van der Waals surface area contributed by atoms with Gasteiger partial charge in [0.2, 0.25) is 11.8 Å². The van der Waals surface area contributed by atoms with Gasteiger partial charge in [0.05, 0.1) is 21.3 Å². The maximum atomic E-state index is 13.3. The molecule has 0 radical (unpaired) electrons. The highest BCUT2D eigenvalue weighted by atomic mass is 35.5. The van der Waals surface area contributed by atoms with Gasteiger partial charge in [-0.05, 0) is 55.2 Å². The average molecular weight is 498 g/mol. The van der Waals surface area contributed by atoms with Crippen LogP contribution in [0.25, 0.3) is 0 Å². The van der Waals surface area contributed by atoms with Crippen LogP contribution < -0.4 is 10.0 Å². The lowest BCUT2D eigenvalue weighted by Gasteiger charge is -2.33. The number of sulfonamides is 1. The summed E-state index contributed by atoms with van der Waals surface area (Å²) < 4.78 is 41.1. The van der Waals surface area contributed by atoms with Crippen LogP contribution in [0.15, 0.2) is 46.2 Å². The highest BCUT2D eigenvalue weighted by Gasteiger charge is 2.37. The van der Waals surface area contributed by atoms with Crippen LogP contribution in [0.5, 0.6) is 0 Å². The summed E-state index contributed by atoms with van der Waals surface area (Å²) in [5, 5.41) is 1.55. The van der Waals surface area contributed by atoms with E-state index in [2.05, 4.69) is 17.0 Å². The second kappa shape index (κ2) is 8.92. The number of thioether (sulfide) groups is 1. The van der Waals surface area contributed by atoms with Crippen molar-refractivity contribution in [3.63, 3.8) is 0 Å². The number of nitrogens with zero attached hydrogens (tertiary/aromatic N) is 1. The van der Waals surface area contributed by atoms with Gasteiger partial charge >= 0.3 is 0 Å². The number of piperidine rings is 1. The molecule has 0 saturated carbocycles. The maximum absolute atomic E-state index is 13.3. The van der Waals surface area contributed by atoms with Gasteiger partial charge in [0, 0.05) is 18.0 Å². The van der Waals surface area contributed by atoms with E-state index in [1.165, 1.54) is 24.3 Å². The number of anilines is 2. The number of benzene rings is 2. The molecule has 4 rings (SSSR count). The number of carbonyl (C=O) groups excluding carboxylic acids is 2. The van der Waals surface area contributed by atoms with Crippen LogP contribution >= 0.6 is 23.4 Å². The average Bonchev–Trinajstić information content (AvgIpc) is 2.75. The first-order valence-corrected chi connectivity index (χ1v) is 12.8. The molecule has 2 N–H and O–H groups in total. The van der Waals surface area contributed by atoms with Crippen molar-refractivity contribution in [3.05, 3.63) is 47.2 Å². The second-order valence-corrected chi connectivity index (χ2v) is 11.1. The number of hydrogen-bond donors (Lipinski definition) is 2. The topological polar surface area (TPSA) is 95.6 Å². The van der Waals surface area contributed by atoms with E-state index in [1.807, 2.05) is 0 Å². The molecule has 1 saturated heterocycles. The molecule has 1 atom stereocenters. The monoisotopic (exact) mass is 497 g/mol. The third-order valence-electron chi connectivity index (χ3n) is 5.49. The highest BCUT2D eigenvalue weighted by molar-refractivity contribution is 8.01. The molecule has 1 fully saturated rings. The minimum atomic E-state index is -4.01. The Labute approximate surface area is 194 Å². The van der Waals surface area contributed by atoms with Gasteiger partial charge in [0.25, 0.3) is 10.0 Å². The molecule has 2 aliphatic heterocycles. The lowest BCUT2D eigenvalue weighted by molar-refractivity contribution is -0.135. The van der Waals surface area contributed by atoms with Crippen molar-refractivity contribution in [1.29, 1.82) is 0 Å². The van der Waals surface area contributed by atoms with Crippen molar-refractivity contribution in [2.75, 3.05) is 23.1 Å². The zero-order valence-electron chi connectivity index (χ0n) is 17.1. The summed E-state index contributed by atoms with van der Waals surface area (Å²) in [6.07, 6.45) is 1.82. The predicted molar refractivity (Wildman–Crippen MR) is 122 cm³/mol. The fraction of sp³-hybridized carbons (Fsp3) is 0.333. The first-order chi connectivity index (χ1) is 15.1. The molecule has 2 aliphatic rings. The SMILES string of the molecule is CC1CCN(C(=O)C2Sc3ccc(S(=O)(=O)Nc4ccc(F)c(Cl)c4)cc3NC2=O)CC1. The minimum Gasteiger partial charge on any atom is -0.341 e. The Bertz CT molecular complexity index is 1180. The molecule has 2 amide bonds. The van der Waals surface area contributed by atoms with Crippen molar-refractivity contribution in [1.82, 2.24) is 4.90 Å². The van der Waals surface area contributed by atoms with Gasteiger partial charge in [-0.25, -0.2) is 12.8 Å². The number of rotatable bonds is 4. The summed E-state index contributed by atoms with van der Waals surface area (Å²) in [5.74, 6) is -0.797. The van der Waals surface area contributed by atoms with E-state index < -0.39 is 27.0 Å². The van der Waals surface area contributed by atoms with Gasteiger partial charge in [-0.2, -0.15) is 0 Å². The molecule has 0 spiro atoms. The van der Waals surface area contributed by atoms with Gasteiger partial charge in [0.15, 0.2) is 5.25 Å². The summed E-state index contributed by atoms with van der Waals surface area (Å²) in [6, 6.07) is 7.76. The zero-order chi connectivity index (χ0) is 23.0. The van der Waals surface area contributed by atoms with Gasteiger partial charge in [-0.15, -0.1) is 11.8 Å². The van der Waals surface area contributed by atoms with Crippen LogP contribution in [-0.4, -0.2) is 43.5 Å². The first kappa shape index (κ1) is 22.9. The van der Waals surface area contributed by atoms with E-state index in [4.69, 9.17) is 11.6 Å². The number of fused-ring (bicyclic) bond motifs is 1. The minimum absolute atomic E-state index is 0.0904. The molecule has 32 heavy (non-hydrogen) atoms. The van der Waals surface area contributed by atoms with Crippen molar-refractivity contribution >= 4 is 56.6 Å². The second-order valence-electron chi connectivity index (χ2n) is 7.89. The smallest absolute Gasteiger partial charge is 0.261 e. The number of likely N-dealkylation sites (tertiary alicyclic amines) is 1. The molecule has 7 nitrogen and oxygen atoms in total. The third-order valence-corrected chi connectivity index (χ3v) is 8.42. The number of hydrogen-bond acceptors (Lipinski definition) is 5. The van der Waals surface area contributed by atoms with Crippen LogP contribution in [-0.2, 0) is 19.6 Å². The Morgan fingerprint density at radius 2 is 1.94 bits per heavy atom. The standard InChI is InChI=1S/C21H21ClFN3O4S2/c1-12-6-8-26(9-7-12)21(28)19-20(27)24-17-11-14(3-5-18(17)31-19)32(29,30)25-13-2-4-16(23)15(22)10-13/h2-5,10-12,19,25H,6-9H2,1H3,(H,24,27). The Morgan fingerprint density at radius 1 is 1.22 bits per heavy atom. The maximum Gasteiger partial charge on any atom is 0.261 e. The normalized spacial score (nSPS) is 19.3. The van der Waals surface area contributed by atoms with Crippen molar-refractivity contribution in [2.24, 2.45) is 5.92 Å². The van der Waals surface area contributed by atoms with E-state index in [0.29, 0.717) is 29.6 Å². The Kier molecular flexibility index (Phi) is 6.37. The van der Waals surface area contributed by atoms with Crippen LogP contribution in [0, 0.1) is 11.7 Å². The Hall–Kier alpha value is -2.30. The summed E-state index contributed by atoms with van der Waals surface area (Å²) in [7, 11) is -4.01. The Morgan fingerprint density at radius 3 is 2.62 bits per heavy atom. The molecular weight excluding hydrogens is 477 g/mol. The summed E-state index contributed by atoms with van der Waals surface area (Å²) >= 11 is 6.83. The largest absolute Gasteiger partial charge is 0.341 e. The summed E-state index contributed by atoms with van der Waals surface area (Å²) in [5.41, 5.74) is 0.422. The summed E-state index contributed by atoms with van der Waals surface area (Å²) in [4.78, 5) is 27.7. The number of amides is 2. The molecule has 2 aromatic carbocycles. The molecule has 0 bridgehead atoms. The number of nitrogens with one attached hydrogen (secondary N) is 2. The van der Waals surface area contributed by atoms with Crippen LogP contribution in [0.2, 0.25) is 5.02 Å². The third kappa shape index (κ3) is 4.72. The highest BCUT2D eigenvalue weighted by Crippen LogP contribution is 2.38. The quantitative estimate of drug-likeness (QED) is 0.623. The molecule has 2 aromatic rings. The molecule has 0 aromatic heterocycles. The lowest BCUT2D eigenvalue weighted by atomic mass is 9.99. The molecule has 2 heterocycles. The van der Waals surface area contributed by atoms with Crippen molar-refractivity contribution in [2.45, 2.75) is 34.8 Å². The molecule has 170 valence electrons. The Balaban J connectivity index is 1.52. The van der Waals surface area contributed by atoms with Crippen molar-refractivity contribution in [3.8, 4) is 0 Å². The number of halogens is 2. The zero-order valence-corrected chi connectivity index (χ0v) is 19.5. The van der Waals surface area contributed by atoms with E-state index in [0.717, 1.165) is 30.7 Å². The first-order valence-electron chi connectivity index (χ1n) is 10.0. The molecule has 0 aliphatic carbocycles. The fourth-order valence-electron chi connectivity index (χ4n) is 3.59. The lowest BCUT2D eigenvalue weighted by Crippen LogP contribution is -2.47. The van der Waals surface area contributed by atoms with E-state index in [-0.39, 0.29) is 21.5 Å². The van der Waals surface area contributed by atoms with Gasteiger partial charge in [-0.3, -0.25) is 14.3 Å². The van der Waals surface area contributed by atoms with Crippen molar-refractivity contribution < 1.29 is 22.4 Å². The van der Waals surface area contributed by atoms with E-state index in [1.54, 1.807) is 11.0 Å². The molecule has 11 heteroatoms. The van der Waals surface area contributed by atoms with E-state index >= 15 is 0 Å². The van der Waals surface area contributed by atoms with E-state index in [9.17, 15) is 22.4 Å². The van der Waals surface area contributed by atoms with Crippen LogP contribution in [0.4, 0.5) is 15.8 Å². The van der Waals surface area contributed by atoms with Crippen LogP contribution in [0.1, 0.15) is 19.8 Å². The van der Waals surface area contributed by atoms with Crippen LogP contribution in [0.3, 0.4) is 0 Å². The van der Waals surface area contributed by atoms with Gasteiger partial charge < -0.3 is 10.2 Å². The summed E-state index contributed by atoms with van der Waals surface area (Å²) in [6.45, 7) is 3.41. The van der Waals surface area contributed by atoms with Gasteiger partial charge in [-0.1, -0.05) is 18.5 Å². The van der Waals surface area contributed by atoms with Gasteiger partial charge in [0.1, 0.15) is 5.82 Å². The molecular formula is C21H21ClFN3O4S2.